The molecular weight excluding hydrogens is 311 g/mol. The highest BCUT2D eigenvalue weighted by molar-refractivity contribution is 6.35. The number of carbonyl (C=O) groups is 2. The molecule has 0 aliphatic carbocycles. The van der Waals surface area contributed by atoms with E-state index in [1.165, 1.54) is 0 Å². The van der Waals surface area contributed by atoms with Gasteiger partial charge in [-0.1, -0.05) is 29.3 Å². The first-order chi connectivity index (χ1) is 10.1. The smallest absolute Gasteiger partial charge is 0.224 e. The molecule has 1 aromatic carbocycles. The molecule has 0 unspecified atom stereocenters. The second kappa shape index (κ2) is 7.66. The summed E-state index contributed by atoms with van der Waals surface area (Å²) in [4.78, 5) is 25.1. The first-order valence-corrected chi connectivity index (χ1v) is 7.80. The largest absolute Gasteiger partial charge is 0.356 e. The minimum Gasteiger partial charge on any atom is -0.356 e. The van der Waals surface area contributed by atoms with Crippen molar-refractivity contribution >= 4 is 35.0 Å². The standard InChI is InChI=1S/C15H18Cl2N2O2/c16-12-5-4-11(13(17)10-12)9-14(20)18-6-2-8-19-7-1-3-15(19)21/h4-5,10H,1-3,6-9H2,(H,18,20). The molecule has 0 atom stereocenters. The van der Waals surface area contributed by atoms with Crippen molar-refractivity contribution in [3.63, 3.8) is 0 Å². The lowest BCUT2D eigenvalue weighted by Gasteiger charge is -2.15. The molecule has 2 rings (SSSR count). The molecule has 4 nitrogen and oxygen atoms in total. The van der Waals surface area contributed by atoms with Crippen LogP contribution in [-0.4, -0.2) is 36.3 Å². The molecule has 21 heavy (non-hydrogen) atoms. The fraction of sp³-hybridized carbons (Fsp3) is 0.467. The third-order valence-electron chi connectivity index (χ3n) is 3.46. The number of hydrogen-bond donors (Lipinski definition) is 1. The van der Waals surface area contributed by atoms with E-state index in [-0.39, 0.29) is 18.2 Å². The summed E-state index contributed by atoms with van der Waals surface area (Å²) in [5.74, 6) is 0.140. The second-order valence-electron chi connectivity index (χ2n) is 5.10. The molecule has 1 aliphatic rings. The number of amides is 2. The Morgan fingerprint density at radius 2 is 2.14 bits per heavy atom. The molecule has 1 saturated heterocycles. The summed E-state index contributed by atoms with van der Waals surface area (Å²) in [5.41, 5.74) is 0.758. The Hall–Kier alpha value is -1.26. The van der Waals surface area contributed by atoms with Crippen molar-refractivity contribution in [2.24, 2.45) is 0 Å². The maximum atomic E-state index is 11.8. The molecule has 1 fully saturated rings. The van der Waals surface area contributed by atoms with Crippen molar-refractivity contribution in [1.82, 2.24) is 10.2 Å². The maximum absolute atomic E-state index is 11.8. The topological polar surface area (TPSA) is 49.4 Å². The minimum atomic E-state index is -0.0769. The number of halogens is 2. The molecule has 1 aromatic rings. The third kappa shape index (κ3) is 4.90. The first-order valence-electron chi connectivity index (χ1n) is 7.04. The number of carbonyl (C=O) groups excluding carboxylic acids is 2. The number of rotatable bonds is 6. The van der Waals surface area contributed by atoms with Gasteiger partial charge < -0.3 is 10.2 Å². The average Bonchev–Trinajstić information content (AvgIpc) is 2.84. The molecular formula is C15H18Cl2N2O2. The summed E-state index contributed by atoms with van der Waals surface area (Å²) in [5, 5.41) is 3.90. The molecule has 0 radical (unpaired) electrons. The summed E-state index contributed by atoms with van der Waals surface area (Å²) >= 11 is 11.8. The van der Waals surface area contributed by atoms with Crippen LogP contribution in [0.25, 0.3) is 0 Å². The van der Waals surface area contributed by atoms with Gasteiger partial charge in [-0.3, -0.25) is 9.59 Å². The second-order valence-corrected chi connectivity index (χ2v) is 5.94. The van der Waals surface area contributed by atoms with Gasteiger partial charge in [0.25, 0.3) is 0 Å². The van der Waals surface area contributed by atoms with Crippen molar-refractivity contribution in [1.29, 1.82) is 0 Å². The average molecular weight is 329 g/mol. The third-order valence-corrected chi connectivity index (χ3v) is 4.05. The van der Waals surface area contributed by atoms with E-state index >= 15 is 0 Å². The van der Waals surface area contributed by atoms with Crippen molar-refractivity contribution in [3.05, 3.63) is 33.8 Å². The minimum absolute atomic E-state index is 0.0769. The van der Waals surface area contributed by atoms with Crippen LogP contribution >= 0.6 is 23.2 Å². The zero-order valence-corrected chi connectivity index (χ0v) is 13.2. The van der Waals surface area contributed by atoms with Gasteiger partial charge in [0.1, 0.15) is 0 Å². The number of hydrogen-bond acceptors (Lipinski definition) is 2. The Bertz CT molecular complexity index is 534. The van der Waals surface area contributed by atoms with E-state index in [2.05, 4.69) is 5.32 Å². The lowest BCUT2D eigenvalue weighted by molar-refractivity contribution is -0.127. The van der Waals surface area contributed by atoms with Crippen LogP contribution in [0.1, 0.15) is 24.8 Å². The van der Waals surface area contributed by atoms with Crippen molar-refractivity contribution in [3.8, 4) is 0 Å². The van der Waals surface area contributed by atoms with E-state index < -0.39 is 0 Å². The number of benzene rings is 1. The van der Waals surface area contributed by atoms with Gasteiger partial charge in [-0.2, -0.15) is 0 Å². The Balaban J connectivity index is 1.68. The summed E-state index contributed by atoms with van der Waals surface area (Å²) < 4.78 is 0. The zero-order valence-electron chi connectivity index (χ0n) is 11.7. The quantitative estimate of drug-likeness (QED) is 0.816. The van der Waals surface area contributed by atoms with Crippen LogP contribution in [0.5, 0.6) is 0 Å². The predicted molar refractivity (Wildman–Crippen MR) is 83.6 cm³/mol. The Morgan fingerprint density at radius 3 is 2.81 bits per heavy atom. The van der Waals surface area contributed by atoms with Crippen LogP contribution in [0.2, 0.25) is 10.0 Å². The number of nitrogens with zero attached hydrogens (tertiary/aromatic N) is 1. The van der Waals surface area contributed by atoms with Gasteiger partial charge >= 0.3 is 0 Å². The summed E-state index contributed by atoms with van der Waals surface area (Å²) in [6.07, 6.45) is 2.60. The normalized spacial score (nSPS) is 14.6. The van der Waals surface area contributed by atoms with E-state index in [1.807, 2.05) is 4.90 Å². The monoisotopic (exact) mass is 328 g/mol. The van der Waals surface area contributed by atoms with Crippen LogP contribution in [-0.2, 0) is 16.0 Å². The molecule has 1 heterocycles. The number of nitrogens with one attached hydrogen (secondary N) is 1. The zero-order chi connectivity index (χ0) is 15.2. The first kappa shape index (κ1) is 16.1. The summed E-state index contributed by atoms with van der Waals surface area (Å²) in [6, 6.07) is 5.10. The molecule has 0 saturated carbocycles. The molecule has 2 amide bonds. The summed E-state index contributed by atoms with van der Waals surface area (Å²) in [7, 11) is 0. The lowest BCUT2D eigenvalue weighted by atomic mass is 10.1. The Morgan fingerprint density at radius 1 is 1.33 bits per heavy atom. The maximum Gasteiger partial charge on any atom is 0.224 e. The van der Waals surface area contributed by atoms with Crippen molar-refractivity contribution < 1.29 is 9.59 Å². The molecule has 0 bridgehead atoms. The molecule has 1 N–H and O–H groups in total. The van der Waals surface area contributed by atoms with Crippen molar-refractivity contribution in [2.45, 2.75) is 25.7 Å². The molecule has 0 aromatic heterocycles. The van der Waals surface area contributed by atoms with E-state index in [0.717, 1.165) is 24.9 Å². The molecule has 1 aliphatic heterocycles. The fourth-order valence-electron chi connectivity index (χ4n) is 2.34. The van der Waals surface area contributed by atoms with Crippen LogP contribution in [0.15, 0.2) is 18.2 Å². The molecule has 0 spiro atoms. The van der Waals surface area contributed by atoms with Crippen LogP contribution < -0.4 is 5.32 Å². The van der Waals surface area contributed by atoms with Gasteiger partial charge in [-0.25, -0.2) is 0 Å². The van der Waals surface area contributed by atoms with Gasteiger partial charge in [-0.15, -0.1) is 0 Å². The highest BCUT2D eigenvalue weighted by Crippen LogP contribution is 2.21. The Kier molecular flexibility index (Phi) is 5.88. The van der Waals surface area contributed by atoms with E-state index in [1.54, 1.807) is 18.2 Å². The van der Waals surface area contributed by atoms with E-state index in [9.17, 15) is 9.59 Å². The fourth-order valence-corrected chi connectivity index (χ4v) is 2.81. The lowest BCUT2D eigenvalue weighted by Crippen LogP contribution is -2.31. The van der Waals surface area contributed by atoms with Crippen LogP contribution in [0, 0.1) is 0 Å². The van der Waals surface area contributed by atoms with Crippen molar-refractivity contribution in [2.75, 3.05) is 19.6 Å². The highest BCUT2D eigenvalue weighted by atomic mass is 35.5. The predicted octanol–water partition coefficient (Wildman–Crippen LogP) is 2.66. The SMILES string of the molecule is O=C(Cc1ccc(Cl)cc1Cl)NCCCN1CCCC1=O. The van der Waals surface area contributed by atoms with Gasteiger partial charge in [0.05, 0.1) is 6.42 Å². The van der Waals surface area contributed by atoms with E-state index in [4.69, 9.17) is 23.2 Å². The van der Waals surface area contributed by atoms with Gasteiger partial charge in [0.2, 0.25) is 11.8 Å². The van der Waals surface area contributed by atoms with E-state index in [0.29, 0.717) is 29.6 Å². The molecule has 6 heteroatoms. The summed E-state index contributed by atoms with van der Waals surface area (Å²) in [6.45, 7) is 2.11. The highest BCUT2D eigenvalue weighted by Gasteiger charge is 2.19. The van der Waals surface area contributed by atoms with Gasteiger partial charge in [0, 0.05) is 36.1 Å². The van der Waals surface area contributed by atoms with Crippen LogP contribution in [0.4, 0.5) is 0 Å². The van der Waals surface area contributed by atoms with Gasteiger partial charge in [0.15, 0.2) is 0 Å². The number of likely N-dealkylation sites (tertiary alicyclic amines) is 1. The Labute approximate surface area is 134 Å². The molecule has 114 valence electrons. The van der Waals surface area contributed by atoms with Gasteiger partial charge in [-0.05, 0) is 30.5 Å². The van der Waals surface area contributed by atoms with Crippen LogP contribution in [0.3, 0.4) is 0 Å².